The molecule has 204 valence electrons. The maximum atomic E-state index is 12.7. The van der Waals surface area contributed by atoms with Crippen LogP contribution in [0.5, 0.6) is 11.5 Å². The summed E-state index contributed by atoms with van der Waals surface area (Å²) in [6.07, 6.45) is 10.7. The summed E-state index contributed by atoms with van der Waals surface area (Å²) in [5, 5.41) is 9.86. The minimum absolute atomic E-state index is 0.191. The van der Waals surface area contributed by atoms with E-state index in [2.05, 4.69) is 25.5 Å². The molecule has 11 nitrogen and oxygen atoms in total. The minimum Gasteiger partial charge on any atom is -0.493 e. The normalized spacial score (nSPS) is 19.9. The lowest BCUT2D eigenvalue weighted by Crippen LogP contribution is -2.33. The van der Waals surface area contributed by atoms with Crippen molar-refractivity contribution < 1.29 is 14.3 Å². The van der Waals surface area contributed by atoms with Gasteiger partial charge < -0.3 is 35.7 Å². The van der Waals surface area contributed by atoms with Crippen LogP contribution in [0.25, 0.3) is 11.2 Å². The fourth-order valence-electron chi connectivity index (χ4n) is 5.44. The van der Waals surface area contributed by atoms with E-state index in [4.69, 9.17) is 25.2 Å². The van der Waals surface area contributed by atoms with Gasteiger partial charge in [0.15, 0.2) is 28.5 Å². The van der Waals surface area contributed by atoms with Crippen LogP contribution in [-0.2, 0) is 0 Å². The summed E-state index contributed by atoms with van der Waals surface area (Å²) in [4.78, 5) is 27.0. The standard InChI is InChI=1S/C27H38N8O3/c1-37-21-12-7-17(15-22(21)38-2)26(36)30-14-13-29-24-23-25(35(16-31-23)20-5-3-4-6-20)34-27(33-24)32-19-10-8-18(28)9-11-19/h7,12,15-16,18-20H,3-6,8-11,13-14,28H2,1-2H3,(H,30,36)(H2,29,32,33,34)/t18-,19-. The Morgan fingerprint density at radius 2 is 1.79 bits per heavy atom. The number of anilines is 2. The molecule has 2 heterocycles. The molecule has 5 N–H and O–H groups in total. The summed E-state index contributed by atoms with van der Waals surface area (Å²) >= 11 is 0. The number of benzene rings is 1. The van der Waals surface area contributed by atoms with Gasteiger partial charge in [0, 0.05) is 36.8 Å². The van der Waals surface area contributed by atoms with Crippen LogP contribution in [0.2, 0.25) is 0 Å². The zero-order valence-corrected chi connectivity index (χ0v) is 22.2. The van der Waals surface area contributed by atoms with Gasteiger partial charge in [-0.05, 0) is 56.7 Å². The largest absolute Gasteiger partial charge is 0.493 e. The lowest BCUT2D eigenvalue weighted by atomic mass is 9.92. The van der Waals surface area contributed by atoms with Crippen molar-refractivity contribution in [2.75, 3.05) is 37.9 Å². The van der Waals surface area contributed by atoms with E-state index < -0.39 is 0 Å². The molecular weight excluding hydrogens is 484 g/mol. The molecule has 11 heteroatoms. The van der Waals surface area contributed by atoms with E-state index >= 15 is 0 Å². The second-order valence-electron chi connectivity index (χ2n) is 10.2. The van der Waals surface area contributed by atoms with Crippen molar-refractivity contribution in [3.63, 3.8) is 0 Å². The highest BCUT2D eigenvalue weighted by Gasteiger charge is 2.24. The number of ether oxygens (including phenoxy) is 2. The fraction of sp³-hybridized carbons (Fsp3) is 0.556. The number of methoxy groups -OCH3 is 2. The third-order valence-electron chi connectivity index (χ3n) is 7.59. The van der Waals surface area contributed by atoms with Crippen LogP contribution in [-0.4, -0.2) is 64.8 Å². The number of imidazole rings is 1. The van der Waals surface area contributed by atoms with Crippen molar-refractivity contribution in [1.82, 2.24) is 24.8 Å². The maximum absolute atomic E-state index is 12.7. The first-order valence-corrected chi connectivity index (χ1v) is 13.6. The number of amides is 1. The van der Waals surface area contributed by atoms with Crippen molar-refractivity contribution in [2.45, 2.75) is 69.5 Å². The number of hydrogen-bond donors (Lipinski definition) is 4. The predicted octanol–water partition coefficient (Wildman–Crippen LogP) is 3.48. The Labute approximate surface area is 222 Å². The fourth-order valence-corrected chi connectivity index (χ4v) is 5.44. The average molecular weight is 523 g/mol. The SMILES string of the molecule is COc1ccc(C(=O)NCCNc2nc(N[C@H]3CC[C@H](N)CC3)nc3c2ncn3C2CCCC2)cc1OC. The highest BCUT2D eigenvalue weighted by atomic mass is 16.5. The third-order valence-corrected chi connectivity index (χ3v) is 7.59. The van der Waals surface area contributed by atoms with E-state index in [9.17, 15) is 4.79 Å². The number of rotatable bonds is 10. The molecule has 38 heavy (non-hydrogen) atoms. The van der Waals surface area contributed by atoms with Crippen LogP contribution in [0.3, 0.4) is 0 Å². The second kappa shape index (κ2) is 11.8. The Bertz CT molecular complexity index is 1250. The molecule has 2 saturated carbocycles. The highest BCUT2D eigenvalue weighted by Crippen LogP contribution is 2.33. The van der Waals surface area contributed by atoms with Crippen molar-refractivity contribution >= 4 is 28.8 Å². The van der Waals surface area contributed by atoms with Gasteiger partial charge in [0.05, 0.1) is 20.5 Å². The first kappa shape index (κ1) is 26.0. The number of aromatic nitrogens is 4. The van der Waals surface area contributed by atoms with Crippen LogP contribution in [0, 0.1) is 0 Å². The zero-order chi connectivity index (χ0) is 26.5. The quantitative estimate of drug-likeness (QED) is 0.294. The molecule has 0 aliphatic heterocycles. The van der Waals surface area contributed by atoms with Crippen LogP contribution in [0.1, 0.15) is 67.8 Å². The number of nitrogens with two attached hydrogens (primary N) is 1. The molecule has 5 rings (SSSR count). The van der Waals surface area contributed by atoms with Crippen LogP contribution in [0.4, 0.5) is 11.8 Å². The van der Waals surface area contributed by atoms with Crippen molar-refractivity contribution in [3.8, 4) is 11.5 Å². The molecule has 0 unspecified atom stereocenters. The molecule has 2 fully saturated rings. The lowest BCUT2D eigenvalue weighted by Gasteiger charge is -2.27. The van der Waals surface area contributed by atoms with Gasteiger partial charge in [-0.1, -0.05) is 12.8 Å². The molecule has 3 aromatic rings. The topological polar surface area (TPSA) is 141 Å². The summed E-state index contributed by atoms with van der Waals surface area (Å²) in [5.74, 6) is 2.18. The number of carbonyl (C=O) groups excluding carboxylic acids is 1. The molecule has 2 aromatic heterocycles. The van der Waals surface area contributed by atoms with Gasteiger partial charge in [-0.2, -0.15) is 9.97 Å². The predicted molar refractivity (Wildman–Crippen MR) is 147 cm³/mol. The highest BCUT2D eigenvalue weighted by molar-refractivity contribution is 5.95. The zero-order valence-electron chi connectivity index (χ0n) is 22.2. The molecule has 1 amide bonds. The summed E-state index contributed by atoms with van der Waals surface area (Å²) in [6.45, 7) is 0.893. The van der Waals surface area contributed by atoms with E-state index in [-0.39, 0.29) is 11.9 Å². The first-order valence-electron chi connectivity index (χ1n) is 13.6. The molecule has 0 atom stereocenters. The first-order chi connectivity index (χ1) is 18.6. The third kappa shape index (κ3) is 5.77. The Hall–Kier alpha value is -3.60. The van der Waals surface area contributed by atoms with Crippen molar-refractivity contribution in [1.29, 1.82) is 0 Å². The van der Waals surface area contributed by atoms with Gasteiger partial charge in [-0.15, -0.1) is 0 Å². The maximum Gasteiger partial charge on any atom is 0.251 e. The number of hydrogen-bond acceptors (Lipinski definition) is 9. The van der Waals surface area contributed by atoms with Crippen LogP contribution < -0.4 is 31.2 Å². The van der Waals surface area contributed by atoms with Crippen molar-refractivity contribution in [3.05, 3.63) is 30.1 Å². The Kier molecular flexibility index (Phi) is 8.11. The van der Waals surface area contributed by atoms with E-state index in [0.29, 0.717) is 54.0 Å². The number of nitrogens with one attached hydrogen (secondary N) is 3. The van der Waals surface area contributed by atoms with E-state index in [0.717, 1.165) is 49.7 Å². The van der Waals surface area contributed by atoms with Gasteiger partial charge in [0.25, 0.3) is 5.91 Å². The summed E-state index contributed by atoms with van der Waals surface area (Å²) in [7, 11) is 3.11. The van der Waals surface area contributed by atoms with Gasteiger partial charge in [-0.3, -0.25) is 4.79 Å². The van der Waals surface area contributed by atoms with Gasteiger partial charge >= 0.3 is 0 Å². The molecule has 1 aromatic carbocycles. The number of carbonyl (C=O) groups is 1. The Balaban J connectivity index is 1.28. The average Bonchev–Trinajstić information content (AvgIpc) is 3.62. The smallest absolute Gasteiger partial charge is 0.251 e. The van der Waals surface area contributed by atoms with E-state index in [1.54, 1.807) is 32.4 Å². The van der Waals surface area contributed by atoms with Gasteiger partial charge in [-0.25, -0.2) is 4.98 Å². The molecule has 0 spiro atoms. The molecular formula is C27H38N8O3. The van der Waals surface area contributed by atoms with E-state index in [1.807, 2.05) is 6.33 Å². The lowest BCUT2D eigenvalue weighted by molar-refractivity contribution is 0.0954. The van der Waals surface area contributed by atoms with E-state index in [1.165, 1.54) is 12.8 Å². The number of nitrogens with zero attached hydrogens (tertiary/aromatic N) is 4. The van der Waals surface area contributed by atoms with Gasteiger partial charge in [0.2, 0.25) is 5.95 Å². The Morgan fingerprint density at radius 1 is 1.03 bits per heavy atom. The summed E-state index contributed by atoms with van der Waals surface area (Å²) in [6, 6.07) is 6.11. The molecule has 0 radical (unpaired) electrons. The monoisotopic (exact) mass is 522 g/mol. The van der Waals surface area contributed by atoms with Crippen molar-refractivity contribution in [2.24, 2.45) is 5.73 Å². The molecule has 0 bridgehead atoms. The summed E-state index contributed by atoms with van der Waals surface area (Å²) < 4.78 is 12.8. The molecule has 2 aliphatic carbocycles. The molecule has 2 aliphatic rings. The van der Waals surface area contributed by atoms with Crippen LogP contribution in [0.15, 0.2) is 24.5 Å². The Morgan fingerprint density at radius 3 is 2.53 bits per heavy atom. The van der Waals surface area contributed by atoms with Crippen LogP contribution >= 0.6 is 0 Å². The summed E-state index contributed by atoms with van der Waals surface area (Å²) in [5.41, 5.74) is 8.19. The van der Waals surface area contributed by atoms with Gasteiger partial charge in [0.1, 0.15) is 0 Å². The number of fused-ring (bicyclic) bond motifs is 1. The molecule has 0 saturated heterocycles. The minimum atomic E-state index is -0.191. The second-order valence-corrected chi connectivity index (χ2v) is 10.2.